The van der Waals surface area contributed by atoms with Gasteiger partial charge in [0.25, 0.3) is 0 Å². The van der Waals surface area contributed by atoms with Crippen molar-refractivity contribution in [1.82, 2.24) is 9.78 Å². The summed E-state index contributed by atoms with van der Waals surface area (Å²) in [7, 11) is 0. The SMILES string of the molecule is CCn1ncc2ccc(NC(=O)CCC(C)N)cc21. The van der Waals surface area contributed by atoms with Crippen molar-refractivity contribution in [2.45, 2.75) is 39.3 Å². The van der Waals surface area contributed by atoms with Crippen LogP contribution in [0.5, 0.6) is 0 Å². The van der Waals surface area contributed by atoms with Gasteiger partial charge in [-0.15, -0.1) is 0 Å². The maximum atomic E-state index is 11.8. The van der Waals surface area contributed by atoms with Gasteiger partial charge in [0.2, 0.25) is 5.91 Å². The maximum Gasteiger partial charge on any atom is 0.224 e. The number of aromatic nitrogens is 2. The number of hydrogen-bond donors (Lipinski definition) is 2. The van der Waals surface area contributed by atoms with Crippen LogP contribution in [-0.4, -0.2) is 21.7 Å². The van der Waals surface area contributed by atoms with Gasteiger partial charge in [-0.1, -0.05) is 0 Å². The lowest BCUT2D eigenvalue weighted by molar-refractivity contribution is -0.116. The molecule has 102 valence electrons. The predicted octanol–water partition coefficient (Wildman–Crippen LogP) is 2.12. The average Bonchev–Trinajstić information content (AvgIpc) is 2.78. The topological polar surface area (TPSA) is 72.9 Å². The molecule has 1 atom stereocenters. The second kappa shape index (κ2) is 5.84. The van der Waals surface area contributed by atoms with E-state index in [-0.39, 0.29) is 11.9 Å². The van der Waals surface area contributed by atoms with Crippen LogP contribution in [0.3, 0.4) is 0 Å². The summed E-state index contributed by atoms with van der Waals surface area (Å²) in [4.78, 5) is 11.8. The van der Waals surface area contributed by atoms with Gasteiger partial charge in [-0.3, -0.25) is 9.48 Å². The molecule has 0 spiro atoms. The van der Waals surface area contributed by atoms with Crippen molar-refractivity contribution in [2.24, 2.45) is 5.73 Å². The van der Waals surface area contributed by atoms with Gasteiger partial charge in [0.05, 0.1) is 11.7 Å². The Balaban J connectivity index is 2.10. The van der Waals surface area contributed by atoms with Gasteiger partial charge in [-0.25, -0.2) is 0 Å². The van der Waals surface area contributed by atoms with Crippen molar-refractivity contribution in [1.29, 1.82) is 0 Å². The molecule has 3 N–H and O–H groups in total. The lowest BCUT2D eigenvalue weighted by atomic mass is 10.2. The Labute approximate surface area is 112 Å². The van der Waals surface area contributed by atoms with Gasteiger partial charge in [0.15, 0.2) is 0 Å². The zero-order valence-electron chi connectivity index (χ0n) is 11.4. The molecule has 2 aromatic rings. The number of benzene rings is 1. The third-order valence-corrected chi connectivity index (χ3v) is 3.05. The summed E-state index contributed by atoms with van der Waals surface area (Å²) in [6, 6.07) is 5.87. The highest BCUT2D eigenvalue weighted by molar-refractivity contribution is 5.93. The molecule has 1 aromatic heterocycles. The Kier molecular flexibility index (Phi) is 4.16. The minimum atomic E-state index is -0.000728. The molecular weight excluding hydrogens is 240 g/mol. The molecule has 0 saturated carbocycles. The van der Waals surface area contributed by atoms with E-state index in [1.807, 2.05) is 42.9 Å². The maximum absolute atomic E-state index is 11.8. The summed E-state index contributed by atoms with van der Waals surface area (Å²) in [5, 5.41) is 8.26. The lowest BCUT2D eigenvalue weighted by Gasteiger charge is -2.07. The van der Waals surface area contributed by atoms with Gasteiger partial charge in [0, 0.05) is 30.1 Å². The van der Waals surface area contributed by atoms with Crippen LogP contribution in [0.15, 0.2) is 24.4 Å². The Morgan fingerprint density at radius 2 is 2.32 bits per heavy atom. The minimum absolute atomic E-state index is 0.000728. The number of carbonyl (C=O) groups excluding carboxylic acids is 1. The zero-order chi connectivity index (χ0) is 13.8. The van der Waals surface area contributed by atoms with Crippen LogP contribution in [0, 0.1) is 0 Å². The number of carbonyl (C=O) groups is 1. The standard InChI is InChI=1S/C14H20N4O/c1-3-18-13-8-12(6-5-11(13)9-16-18)17-14(19)7-4-10(2)15/h5-6,8-10H,3-4,7,15H2,1-2H3,(H,17,19). The summed E-state index contributed by atoms with van der Waals surface area (Å²) in [6.07, 6.45) is 2.98. The molecule has 0 aliphatic heterocycles. The largest absolute Gasteiger partial charge is 0.328 e. The van der Waals surface area contributed by atoms with Crippen molar-refractivity contribution < 1.29 is 4.79 Å². The normalized spacial score (nSPS) is 12.6. The summed E-state index contributed by atoms with van der Waals surface area (Å²) in [5.74, 6) is -0.000728. The average molecular weight is 260 g/mol. The van der Waals surface area contributed by atoms with E-state index in [1.54, 1.807) is 0 Å². The minimum Gasteiger partial charge on any atom is -0.328 e. The number of rotatable bonds is 5. The molecule has 0 saturated heterocycles. The monoisotopic (exact) mass is 260 g/mol. The molecular formula is C14H20N4O. The Bertz CT molecular complexity index is 574. The molecule has 0 aliphatic rings. The van der Waals surface area contributed by atoms with Crippen LogP contribution in [-0.2, 0) is 11.3 Å². The first-order chi connectivity index (χ1) is 9.10. The van der Waals surface area contributed by atoms with Crippen molar-refractivity contribution >= 4 is 22.5 Å². The Morgan fingerprint density at radius 1 is 1.53 bits per heavy atom. The molecule has 1 unspecified atom stereocenters. The number of nitrogens with two attached hydrogens (primary N) is 1. The summed E-state index contributed by atoms with van der Waals surface area (Å²) >= 11 is 0. The fraction of sp³-hybridized carbons (Fsp3) is 0.429. The van der Waals surface area contributed by atoms with E-state index in [0.29, 0.717) is 12.8 Å². The third-order valence-electron chi connectivity index (χ3n) is 3.05. The molecule has 0 fully saturated rings. The molecule has 1 heterocycles. The van der Waals surface area contributed by atoms with Crippen molar-refractivity contribution in [3.63, 3.8) is 0 Å². The predicted molar refractivity (Wildman–Crippen MR) is 76.9 cm³/mol. The summed E-state index contributed by atoms with van der Waals surface area (Å²) < 4.78 is 1.91. The first-order valence-corrected chi connectivity index (χ1v) is 6.61. The number of nitrogens with one attached hydrogen (secondary N) is 1. The first-order valence-electron chi connectivity index (χ1n) is 6.61. The summed E-state index contributed by atoms with van der Waals surface area (Å²) in [6.45, 7) is 4.76. The van der Waals surface area contributed by atoms with Gasteiger partial charge >= 0.3 is 0 Å². The molecule has 0 radical (unpaired) electrons. The zero-order valence-corrected chi connectivity index (χ0v) is 11.4. The molecule has 5 nitrogen and oxygen atoms in total. The van der Waals surface area contributed by atoms with Crippen LogP contribution in [0.4, 0.5) is 5.69 Å². The van der Waals surface area contributed by atoms with Crippen LogP contribution >= 0.6 is 0 Å². The summed E-state index contributed by atoms with van der Waals surface area (Å²) in [5.41, 5.74) is 7.48. The van der Waals surface area contributed by atoms with E-state index in [0.717, 1.165) is 23.1 Å². The molecule has 19 heavy (non-hydrogen) atoms. The smallest absolute Gasteiger partial charge is 0.224 e. The first kappa shape index (κ1) is 13.5. The van der Waals surface area contributed by atoms with E-state index >= 15 is 0 Å². The third kappa shape index (κ3) is 3.32. The second-order valence-corrected chi connectivity index (χ2v) is 4.80. The van der Waals surface area contributed by atoms with E-state index in [2.05, 4.69) is 10.4 Å². The molecule has 1 amide bonds. The van der Waals surface area contributed by atoms with Gasteiger partial charge in [0.1, 0.15) is 0 Å². The second-order valence-electron chi connectivity index (χ2n) is 4.80. The van der Waals surface area contributed by atoms with Gasteiger partial charge in [-0.2, -0.15) is 5.10 Å². The molecule has 0 bridgehead atoms. The number of anilines is 1. The molecule has 5 heteroatoms. The highest BCUT2D eigenvalue weighted by Crippen LogP contribution is 2.19. The van der Waals surface area contributed by atoms with Crippen LogP contribution in [0.25, 0.3) is 10.9 Å². The number of amides is 1. The van der Waals surface area contributed by atoms with Crippen molar-refractivity contribution in [3.05, 3.63) is 24.4 Å². The van der Waals surface area contributed by atoms with E-state index in [9.17, 15) is 4.79 Å². The quantitative estimate of drug-likeness (QED) is 0.865. The number of aryl methyl sites for hydroxylation is 1. The van der Waals surface area contributed by atoms with E-state index < -0.39 is 0 Å². The molecule has 1 aromatic carbocycles. The lowest BCUT2D eigenvalue weighted by Crippen LogP contribution is -2.19. The van der Waals surface area contributed by atoms with Crippen molar-refractivity contribution in [2.75, 3.05) is 5.32 Å². The molecule has 0 aliphatic carbocycles. The van der Waals surface area contributed by atoms with Crippen LogP contribution < -0.4 is 11.1 Å². The fourth-order valence-corrected chi connectivity index (χ4v) is 1.98. The fourth-order valence-electron chi connectivity index (χ4n) is 1.98. The van der Waals surface area contributed by atoms with Gasteiger partial charge < -0.3 is 11.1 Å². The van der Waals surface area contributed by atoms with E-state index in [1.165, 1.54) is 0 Å². The Hall–Kier alpha value is -1.88. The Morgan fingerprint density at radius 3 is 3.00 bits per heavy atom. The molecule has 2 rings (SSSR count). The number of fused-ring (bicyclic) bond motifs is 1. The van der Waals surface area contributed by atoms with E-state index in [4.69, 9.17) is 5.73 Å². The van der Waals surface area contributed by atoms with Gasteiger partial charge in [-0.05, 0) is 38.5 Å². The van der Waals surface area contributed by atoms with Crippen molar-refractivity contribution in [3.8, 4) is 0 Å². The number of hydrogen-bond acceptors (Lipinski definition) is 3. The highest BCUT2D eigenvalue weighted by atomic mass is 16.1. The number of nitrogens with zero attached hydrogens (tertiary/aromatic N) is 2. The van der Waals surface area contributed by atoms with Crippen LogP contribution in [0.2, 0.25) is 0 Å². The highest BCUT2D eigenvalue weighted by Gasteiger charge is 2.06. The van der Waals surface area contributed by atoms with Crippen LogP contribution in [0.1, 0.15) is 26.7 Å².